The molecule has 0 bridgehead atoms. The van der Waals surface area contributed by atoms with Crippen molar-refractivity contribution in [3.05, 3.63) is 71.3 Å². The smallest absolute Gasteiger partial charge is 0.332 e. The second-order valence-electron chi connectivity index (χ2n) is 9.05. The van der Waals surface area contributed by atoms with Gasteiger partial charge in [-0.05, 0) is 30.2 Å². The van der Waals surface area contributed by atoms with Crippen LogP contribution in [0.4, 0.5) is 0 Å². The van der Waals surface area contributed by atoms with Crippen LogP contribution in [0.2, 0.25) is 0 Å². The molecule has 2 aromatic carbocycles. The van der Waals surface area contributed by atoms with Gasteiger partial charge in [0.2, 0.25) is 11.8 Å². The quantitative estimate of drug-likeness (QED) is 0.471. The third kappa shape index (κ3) is 3.60. The molecule has 2 saturated heterocycles. The lowest BCUT2D eigenvalue weighted by atomic mass is 9.81. The zero-order valence-electron chi connectivity index (χ0n) is 19.4. The molecule has 3 aliphatic rings. The summed E-state index contributed by atoms with van der Waals surface area (Å²) in [5.41, 5.74) is 1.10. The van der Waals surface area contributed by atoms with Crippen molar-refractivity contribution in [3.63, 3.8) is 0 Å². The van der Waals surface area contributed by atoms with Gasteiger partial charge in [0.25, 0.3) is 0 Å². The highest BCUT2D eigenvalue weighted by molar-refractivity contribution is 8.13. The van der Waals surface area contributed by atoms with E-state index in [-0.39, 0.29) is 24.4 Å². The van der Waals surface area contributed by atoms with E-state index in [2.05, 4.69) is 11.1 Å². The van der Waals surface area contributed by atoms with Crippen LogP contribution in [0.25, 0.3) is 0 Å². The molecular formula is C26H24N4O4S. The number of amides is 2. The van der Waals surface area contributed by atoms with Crippen molar-refractivity contribution in [3.8, 4) is 6.07 Å². The molecule has 0 saturated carbocycles. The fourth-order valence-electron chi connectivity index (χ4n) is 5.46. The van der Waals surface area contributed by atoms with Gasteiger partial charge >= 0.3 is 5.97 Å². The van der Waals surface area contributed by atoms with Gasteiger partial charge < -0.3 is 9.64 Å². The summed E-state index contributed by atoms with van der Waals surface area (Å²) in [6.45, 7) is 2.20. The van der Waals surface area contributed by atoms with Gasteiger partial charge in [0.05, 0.1) is 49.7 Å². The van der Waals surface area contributed by atoms with Crippen molar-refractivity contribution >= 4 is 34.7 Å². The zero-order chi connectivity index (χ0) is 24.7. The van der Waals surface area contributed by atoms with Crippen molar-refractivity contribution in [1.82, 2.24) is 9.80 Å². The number of carbonyl (C=O) groups is 3. The number of fused-ring (bicyclic) bond motifs is 3. The molecule has 178 valence electrons. The average Bonchev–Trinajstić information content (AvgIpc) is 3.50. The summed E-state index contributed by atoms with van der Waals surface area (Å²) >= 11 is 1.45. The molecular weight excluding hydrogens is 464 g/mol. The van der Waals surface area contributed by atoms with E-state index in [0.717, 1.165) is 11.1 Å². The first-order chi connectivity index (χ1) is 16.9. The molecule has 5 rings (SSSR count). The summed E-state index contributed by atoms with van der Waals surface area (Å²) in [6.07, 6.45) is 0. The lowest BCUT2D eigenvalue weighted by Gasteiger charge is -2.37. The van der Waals surface area contributed by atoms with Gasteiger partial charge in [0.15, 0.2) is 5.17 Å². The van der Waals surface area contributed by atoms with Crippen LogP contribution in [-0.2, 0) is 31.4 Å². The molecule has 0 aromatic heterocycles. The topological polar surface area (TPSA) is 103 Å². The van der Waals surface area contributed by atoms with Gasteiger partial charge in [-0.25, -0.2) is 4.79 Å². The number of carbonyl (C=O) groups excluding carboxylic acids is 3. The summed E-state index contributed by atoms with van der Waals surface area (Å²) in [4.78, 5) is 48.1. The van der Waals surface area contributed by atoms with Crippen molar-refractivity contribution in [1.29, 1.82) is 5.26 Å². The summed E-state index contributed by atoms with van der Waals surface area (Å²) in [7, 11) is 1.30. The van der Waals surface area contributed by atoms with E-state index < -0.39 is 23.3 Å². The Bertz CT molecular complexity index is 1260. The van der Waals surface area contributed by atoms with E-state index >= 15 is 0 Å². The second-order valence-corrected chi connectivity index (χ2v) is 9.99. The fourth-order valence-corrected chi connectivity index (χ4v) is 6.58. The SMILES string of the molecule is COC(=O)[C@@]1(C)[C@H]2C(=O)N(Cc3ccccc3)C(=O)[C@H]2[C@H]2CN=C(SCc3ccc(C#N)cc3)N21. The largest absolute Gasteiger partial charge is 0.467 e. The molecule has 35 heavy (non-hydrogen) atoms. The molecule has 2 fully saturated rings. The lowest BCUT2D eigenvalue weighted by Crippen LogP contribution is -2.57. The number of rotatable bonds is 5. The standard InChI is InChI=1S/C26H24N4O4S/c1-26(24(33)34-2)21-20(22(31)29(23(21)32)14-17-6-4-3-5-7-17)19-13-28-25(30(19)26)35-15-18-10-8-16(12-27)9-11-18/h3-11,19-21H,13-15H2,1-2H3/t19-,20+,21-,26-/m1/s1. The Morgan fingerprint density at radius 2 is 1.86 bits per heavy atom. The van der Waals surface area contributed by atoms with Gasteiger partial charge in [-0.3, -0.25) is 19.5 Å². The number of thioether (sulfide) groups is 1. The van der Waals surface area contributed by atoms with Crippen molar-refractivity contribution in [2.24, 2.45) is 16.8 Å². The van der Waals surface area contributed by atoms with Crippen LogP contribution in [0, 0.1) is 23.2 Å². The monoisotopic (exact) mass is 488 g/mol. The van der Waals surface area contributed by atoms with Crippen LogP contribution in [0.3, 0.4) is 0 Å². The Morgan fingerprint density at radius 3 is 2.51 bits per heavy atom. The molecule has 2 aromatic rings. The normalized spacial score (nSPS) is 26.9. The maximum atomic E-state index is 13.6. The number of benzene rings is 2. The Kier molecular flexibility index (Phi) is 5.85. The molecule has 3 aliphatic heterocycles. The van der Waals surface area contributed by atoms with E-state index in [1.54, 1.807) is 19.1 Å². The molecule has 0 aliphatic carbocycles. The third-order valence-electron chi connectivity index (χ3n) is 7.15. The Morgan fingerprint density at radius 1 is 1.14 bits per heavy atom. The first-order valence-electron chi connectivity index (χ1n) is 11.3. The summed E-state index contributed by atoms with van der Waals surface area (Å²) in [5, 5.41) is 9.63. The predicted molar refractivity (Wildman–Crippen MR) is 130 cm³/mol. The number of esters is 1. The molecule has 0 N–H and O–H groups in total. The van der Waals surface area contributed by atoms with Crippen molar-refractivity contribution in [2.45, 2.75) is 30.8 Å². The molecule has 8 nitrogen and oxygen atoms in total. The van der Waals surface area contributed by atoms with Gasteiger partial charge in [0.1, 0.15) is 5.54 Å². The summed E-state index contributed by atoms with van der Waals surface area (Å²) < 4.78 is 5.17. The Balaban J connectivity index is 1.42. The minimum absolute atomic E-state index is 0.177. The third-order valence-corrected chi connectivity index (χ3v) is 8.21. The number of hydrogen-bond acceptors (Lipinski definition) is 8. The average molecular weight is 489 g/mol. The Labute approximate surface area is 207 Å². The molecule has 0 radical (unpaired) electrons. The van der Waals surface area contributed by atoms with Gasteiger partial charge in [-0.15, -0.1) is 0 Å². The minimum Gasteiger partial charge on any atom is -0.467 e. The molecule has 9 heteroatoms. The van der Waals surface area contributed by atoms with Crippen LogP contribution in [0.5, 0.6) is 0 Å². The Hall–Kier alpha value is -3.64. The van der Waals surface area contributed by atoms with E-state index in [4.69, 9.17) is 10.00 Å². The predicted octanol–water partition coefficient (Wildman–Crippen LogP) is 2.58. The number of ether oxygens (including phenoxy) is 1. The molecule has 0 spiro atoms. The molecule has 0 unspecified atom stereocenters. The van der Waals surface area contributed by atoms with Crippen LogP contribution < -0.4 is 0 Å². The fraction of sp³-hybridized carbons (Fsp3) is 0.346. The van der Waals surface area contributed by atoms with Gasteiger partial charge in [-0.1, -0.05) is 54.2 Å². The number of aliphatic imine (C=N–C) groups is 1. The lowest BCUT2D eigenvalue weighted by molar-refractivity contribution is -0.157. The summed E-state index contributed by atoms with van der Waals surface area (Å²) in [5.74, 6) is -2.08. The van der Waals surface area contributed by atoms with Gasteiger partial charge in [0, 0.05) is 5.75 Å². The number of nitriles is 1. The van der Waals surface area contributed by atoms with E-state index in [1.165, 1.54) is 23.8 Å². The first kappa shape index (κ1) is 23.1. The highest BCUT2D eigenvalue weighted by Crippen LogP contribution is 2.52. The molecule has 2 amide bonds. The van der Waals surface area contributed by atoms with Crippen LogP contribution in [0.15, 0.2) is 59.6 Å². The highest BCUT2D eigenvalue weighted by atomic mass is 32.2. The molecule has 4 atom stereocenters. The number of methoxy groups -OCH3 is 1. The number of nitrogens with zero attached hydrogens (tertiary/aromatic N) is 4. The van der Waals surface area contributed by atoms with Crippen molar-refractivity contribution in [2.75, 3.05) is 13.7 Å². The number of amidine groups is 1. The minimum atomic E-state index is -1.34. The van der Waals surface area contributed by atoms with E-state index in [9.17, 15) is 14.4 Å². The second kappa shape index (κ2) is 8.86. The maximum absolute atomic E-state index is 13.6. The maximum Gasteiger partial charge on any atom is 0.332 e. The van der Waals surface area contributed by atoms with Crippen molar-refractivity contribution < 1.29 is 19.1 Å². The summed E-state index contributed by atoms with van der Waals surface area (Å²) in [6, 6.07) is 18.3. The first-order valence-corrected chi connectivity index (χ1v) is 12.3. The molecule has 3 heterocycles. The number of hydrogen-bond donors (Lipinski definition) is 0. The van der Waals surface area contributed by atoms with E-state index in [0.29, 0.717) is 23.0 Å². The highest BCUT2D eigenvalue weighted by Gasteiger charge is 2.72. The van der Waals surface area contributed by atoms with Gasteiger partial charge in [-0.2, -0.15) is 5.26 Å². The van der Waals surface area contributed by atoms with Crippen LogP contribution >= 0.6 is 11.8 Å². The van der Waals surface area contributed by atoms with E-state index in [1.807, 2.05) is 47.4 Å². The zero-order valence-corrected chi connectivity index (χ0v) is 20.2. The van der Waals surface area contributed by atoms with Crippen LogP contribution in [-0.4, -0.2) is 58.0 Å². The number of likely N-dealkylation sites (tertiary alicyclic amines) is 1. The van der Waals surface area contributed by atoms with Crippen LogP contribution in [0.1, 0.15) is 23.6 Å². The number of imide groups is 1.